The highest BCUT2D eigenvalue weighted by molar-refractivity contribution is 4.90. The Bertz CT molecular complexity index is 1440. The minimum Gasteiger partial charge on any atom is -0.0651 e. The lowest BCUT2D eigenvalue weighted by atomic mass is 9.61. The zero-order valence-electron chi connectivity index (χ0n) is 60.9. The van der Waals surface area contributed by atoms with E-state index in [1.807, 2.05) is 76.2 Å². The summed E-state index contributed by atoms with van der Waals surface area (Å²) in [6, 6.07) is 0. The van der Waals surface area contributed by atoms with Crippen molar-refractivity contribution < 1.29 is 24.7 Å². The van der Waals surface area contributed by atoms with E-state index in [4.69, 9.17) is 24.7 Å². The van der Waals surface area contributed by atoms with Crippen molar-refractivity contribution in [3.8, 4) is 0 Å². The van der Waals surface area contributed by atoms with E-state index >= 15 is 0 Å². The molecule has 2 saturated carbocycles. The Hall–Kier alpha value is 0. The van der Waals surface area contributed by atoms with Crippen molar-refractivity contribution in [1.29, 1.82) is 0 Å². The molecule has 0 aromatic carbocycles. The molecular formula is C55H118. The van der Waals surface area contributed by atoms with Crippen LogP contribution in [-0.2, 0) is 0 Å². The molecule has 0 aliphatic heterocycles. The van der Waals surface area contributed by atoms with Crippen LogP contribution in [0.4, 0.5) is 0 Å². The summed E-state index contributed by atoms with van der Waals surface area (Å²) >= 11 is 0. The van der Waals surface area contributed by atoms with Crippen LogP contribution in [0.15, 0.2) is 0 Å². The Morgan fingerprint density at radius 3 is 0.945 bits per heavy atom. The molecule has 0 amide bonds. The van der Waals surface area contributed by atoms with Crippen LogP contribution in [0.5, 0.6) is 0 Å². The molecule has 0 radical (unpaired) electrons. The molecule has 55 heavy (non-hydrogen) atoms. The molecule has 2 aliphatic rings. The third-order valence-electron chi connectivity index (χ3n) is 11.3. The van der Waals surface area contributed by atoms with Crippen LogP contribution >= 0.6 is 0 Å². The van der Waals surface area contributed by atoms with Gasteiger partial charge in [0.1, 0.15) is 0 Å². The van der Waals surface area contributed by atoms with E-state index in [-0.39, 0.29) is 22.2 Å². The summed E-state index contributed by atoms with van der Waals surface area (Å²) in [6.45, 7) is 43.3. The van der Waals surface area contributed by atoms with E-state index in [1.165, 1.54) is 78.6 Å². The fourth-order valence-corrected chi connectivity index (χ4v) is 6.73. The van der Waals surface area contributed by atoms with Crippen LogP contribution in [0.3, 0.4) is 0 Å². The van der Waals surface area contributed by atoms with Gasteiger partial charge in [-0.05, 0) is 104 Å². The Labute approximate surface area is 381 Å². The predicted molar refractivity (Wildman–Crippen MR) is 262 cm³/mol. The quantitative estimate of drug-likeness (QED) is 0.267. The van der Waals surface area contributed by atoms with Crippen LogP contribution in [0, 0.1) is 66.0 Å². The Morgan fingerprint density at radius 2 is 0.873 bits per heavy atom. The fraction of sp³-hybridized carbons (Fsp3) is 1.00. The van der Waals surface area contributed by atoms with Gasteiger partial charge in [-0.2, -0.15) is 0 Å². The molecule has 338 valence electrons. The van der Waals surface area contributed by atoms with Crippen LogP contribution in [-0.4, -0.2) is 0 Å². The fourth-order valence-electron chi connectivity index (χ4n) is 6.73. The van der Waals surface area contributed by atoms with Gasteiger partial charge in [-0.15, -0.1) is 0 Å². The molecule has 0 nitrogen and oxygen atoms in total. The molecular weight excluding hydrogens is 661 g/mol. The van der Waals surface area contributed by atoms with Crippen LogP contribution in [0.25, 0.3) is 0 Å². The summed E-state index contributed by atoms with van der Waals surface area (Å²) in [6.07, 6.45) is 6.42. The highest BCUT2D eigenvalue weighted by Gasteiger charge is 2.39. The third kappa shape index (κ3) is 31.6. The molecule has 2 aliphatic carbocycles. The second-order valence-electron chi connectivity index (χ2n) is 24.7. The zero-order chi connectivity index (χ0) is 60.9. The van der Waals surface area contributed by atoms with E-state index in [0.29, 0.717) is 21.7 Å². The van der Waals surface area contributed by atoms with Gasteiger partial charge in [0.25, 0.3) is 0 Å². The van der Waals surface area contributed by atoms with Gasteiger partial charge in [0.05, 0.1) is 0 Å². The summed E-state index contributed by atoms with van der Waals surface area (Å²) in [4.78, 5) is 0. The maximum Gasteiger partial charge on any atom is 0.0305 e. The summed E-state index contributed by atoms with van der Waals surface area (Å²) in [5.41, 5.74) is -3.15. The molecule has 0 saturated heterocycles. The van der Waals surface area contributed by atoms with Gasteiger partial charge < -0.3 is 0 Å². The van der Waals surface area contributed by atoms with Crippen LogP contribution < -0.4 is 0 Å². The van der Waals surface area contributed by atoms with Gasteiger partial charge in [-0.25, -0.2) is 0 Å². The van der Waals surface area contributed by atoms with Crippen molar-refractivity contribution >= 4 is 0 Å². The number of hydrogen-bond acceptors (Lipinski definition) is 0. The lowest BCUT2D eigenvalue weighted by Gasteiger charge is -2.45. The predicted octanol–water partition coefficient (Wildman–Crippen LogP) is 20.7. The monoisotopic (exact) mass is 797 g/mol. The van der Waals surface area contributed by atoms with E-state index in [2.05, 4.69) is 55.4 Å². The minimum atomic E-state index is -2.92. The lowest BCUT2D eigenvalue weighted by molar-refractivity contribution is 0.0601. The molecule has 0 bridgehead atoms. The van der Waals surface area contributed by atoms with Crippen LogP contribution in [0.2, 0.25) is 0 Å². The first-order valence-electron chi connectivity index (χ1n) is 30.9. The first-order chi connectivity index (χ1) is 30.9. The zero-order valence-corrected chi connectivity index (χ0v) is 42.9. The van der Waals surface area contributed by atoms with E-state index < -0.39 is 68.2 Å². The molecule has 1 atom stereocenters. The molecule has 1 unspecified atom stereocenters. The highest BCUT2D eigenvalue weighted by atomic mass is 14.4. The van der Waals surface area contributed by atoms with Crippen molar-refractivity contribution in [2.75, 3.05) is 0 Å². The summed E-state index contributed by atoms with van der Waals surface area (Å²) in [5.74, 6) is -2.01. The summed E-state index contributed by atoms with van der Waals surface area (Å²) in [5, 5.41) is 0. The van der Waals surface area contributed by atoms with E-state index in [9.17, 15) is 0 Å². The van der Waals surface area contributed by atoms with Gasteiger partial charge in [0.2, 0.25) is 0 Å². The maximum atomic E-state index is 7.94. The SMILES string of the molecule is CC(C)(C)C1(C)CCCC1.CC(C)(C)C1(C)CCCCC1.[2H]C([2H])(C(C)(C)C)C(C)(C)C.[2H]C([2H])(C(C)C)C(C)(C)C.[2H]C([2H])([2H])C(C([2H])([2H])[2H])(C([2H])([2H])C)C(C)(C)C.[2H]C([2H])([2H])C([2H])(C([2H])([2H])C)C(C)(C)C. The molecule has 0 aromatic rings. The second-order valence-corrected chi connectivity index (χ2v) is 24.7. The average molecular weight is 798 g/mol. The molecule has 2 fully saturated rings. The van der Waals surface area contributed by atoms with Crippen molar-refractivity contribution in [3.63, 3.8) is 0 Å². The molecule has 0 N–H and O–H groups in total. The van der Waals surface area contributed by atoms with Gasteiger partial charge >= 0.3 is 0 Å². The number of hydrogen-bond donors (Lipinski definition) is 0. The third-order valence-corrected chi connectivity index (χ3v) is 11.3. The van der Waals surface area contributed by atoms with E-state index in [0.717, 1.165) is 13.8 Å². The standard InChI is InChI=1S/C11H22.C10H20.2C9H20.2C8H18/c1-10(2,3)11(4)8-6-5-7-9-11;1-9(2,3)10(4)7-5-6-8-10;1-8(2,3)7-9(4,5)6;1-7-9(5,6)8(2,3)4;1-7(2)6-8(3,4)5;1-6-7(2)8(3,4)5/h5-9H2,1-4H3;5-8H2,1-4H3;2*7H2,1-6H3;2*7H,6H2,1-5H3/i;;7D2;5D3,6D3,7D2;6D2;2D3,6D2,7D. The van der Waals surface area contributed by atoms with Gasteiger partial charge in [0.15, 0.2) is 0 Å². The topological polar surface area (TPSA) is 0 Å². The van der Waals surface area contributed by atoms with Crippen molar-refractivity contribution in [1.82, 2.24) is 0 Å². The largest absolute Gasteiger partial charge is 0.0651 e. The molecule has 0 aromatic heterocycles. The van der Waals surface area contributed by atoms with Crippen molar-refractivity contribution in [2.45, 2.75) is 291 Å². The second kappa shape index (κ2) is 24.3. The maximum absolute atomic E-state index is 7.94. The van der Waals surface area contributed by atoms with Crippen LogP contribution in [0.1, 0.15) is 315 Å². The lowest BCUT2D eigenvalue weighted by Crippen LogP contribution is -2.34. The Balaban J connectivity index is -0.000000395. The first kappa shape index (κ1) is 33.7. The number of rotatable bonds is 3. The normalized spacial score (nSPS) is 25.5. The molecule has 0 spiro atoms. The average Bonchev–Trinajstić information content (AvgIpc) is 3.52. The van der Waals surface area contributed by atoms with Crippen molar-refractivity contribution in [2.24, 2.45) is 66.0 Å². The molecule has 0 heterocycles. The van der Waals surface area contributed by atoms with E-state index in [1.54, 1.807) is 20.8 Å². The highest BCUT2D eigenvalue weighted by Crippen LogP contribution is 2.51. The van der Waals surface area contributed by atoms with Gasteiger partial charge in [-0.3, -0.25) is 0 Å². The summed E-state index contributed by atoms with van der Waals surface area (Å²) < 4.78 is 137. The molecule has 0 heteroatoms. The Morgan fingerprint density at radius 1 is 0.545 bits per heavy atom. The van der Waals surface area contributed by atoms with Crippen molar-refractivity contribution in [3.05, 3.63) is 0 Å². The summed E-state index contributed by atoms with van der Waals surface area (Å²) in [7, 11) is 0. The molecule has 2 rings (SSSR count). The smallest absolute Gasteiger partial charge is 0.0305 e. The first-order valence-corrected chi connectivity index (χ1v) is 21.9. The van der Waals surface area contributed by atoms with Gasteiger partial charge in [-0.1, -0.05) is 252 Å². The minimum absolute atomic E-state index is 0.0903. The Kier molecular flexibility index (Phi) is 14.9. The van der Waals surface area contributed by atoms with Gasteiger partial charge in [0, 0.05) is 24.7 Å².